The van der Waals surface area contributed by atoms with Crippen molar-refractivity contribution < 1.29 is 31.1 Å². The molecular weight excluding hydrogens is 324 g/mol. The molecule has 0 aliphatic rings. The third kappa shape index (κ3) is 4.38. The van der Waals surface area contributed by atoms with Crippen molar-refractivity contribution in [1.29, 1.82) is 0 Å². The van der Waals surface area contributed by atoms with Crippen LogP contribution in [0.15, 0.2) is 42.5 Å². The van der Waals surface area contributed by atoms with E-state index < -0.39 is 23.9 Å². The number of hydrogen-bond donors (Lipinski definition) is 1. The van der Waals surface area contributed by atoms with Crippen molar-refractivity contribution in [3.05, 3.63) is 53.6 Å². The third-order valence-electron chi connectivity index (χ3n) is 3.03. The van der Waals surface area contributed by atoms with Crippen molar-refractivity contribution >= 4 is 0 Å². The number of hydrogen-bond acceptors (Lipinski definition) is 2. The smallest absolute Gasteiger partial charge is 0.406 e. The van der Waals surface area contributed by atoms with Gasteiger partial charge in [0, 0.05) is 6.54 Å². The minimum absolute atomic E-state index is 0.170. The highest BCUT2D eigenvalue weighted by Crippen LogP contribution is 2.34. The maximum absolute atomic E-state index is 12.7. The van der Waals surface area contributed by atoms with E-state index in [4.69, 9.17) is 5.73 Å². The van der Waals surface area contributed by atoms with Gasteiger partial charge in [0.25, 0.3) is 0 Å². The van der Waals surface area contributed by atoms with Crippen molar-refractivity contribution in [2.75, 3.05) is 0 Å². The highest BCUT2D eigenvalue weighted by atomic mass is 19.4. The van der Waals surface area contributed by atoms with Crippen LogP contribution in [0.1, 0.15) is 11.1 Å². The maximum atomic E-state index is 12.7. The first kappa shape index (κ1) is 17.1. The molecule has 124 valence electrons. The van der Waals surface area contributed by atoms with E-state index in [1.165, 1.54) is 18.2 Å². The Morgan fingerprint density at radius 2 is 1.61 bits per heavy atom. The second kappa shape index (κ2) is 6.11. The molecule has 0 saturated carbocycles. The summed E-state index contributed by atoms with van der Waals surface area (Å²) in [5.41, 5.74) is 5.35. The number of nitrogens with two attached hydrogens (primary N) is 1. The van der Waals surface area contributed by atoms with Gasteiger partial charge in [0.15, 0.2) is 0 Å². The highest BCUT2D eigenvalue weighted by molar-refractivity contribution is 5.69. The predicted octanol–water partition coefficient (Wildman–Crippen LogP) is 4.73. The van der Waals surface area contributed by atoms with Gasteiger partial charge in [0.2, 0.25) is 0 Å². The molecule has 2 N–H and O–H groups in total. The van der Waals surface area contributed by atoms with Crippen LogP contribution in [0.25, 0.3) is 11.1 Å². The van der Waals surface area contributed by atoms with E-state index in [2.05, 4.69) is 4.74 Å². The third-order valence-corrected chi connectivity index (χ3v) is 3.03. The fraction of sp³-hybridized carbons (Fsp3) is 0.200. The summed E-state index contributed by atoms with van der Waals surface area (Å²) < 4.78 is 78.6. The second-order valence-electron chi connectivity index (χ2n) is 4.65. The van der Waals surface area contributed by atoms with Gasteiger partial charge >= 0.3 is 12.5 Å². The van der Waals surface area contributed by atoms with Gasteiger partial charge in [-0.15, -0.1) is 13.2 Å². The molecule has 0 saturated heterocycles. The normalized spacial score (nSPS) is 12.3. The Balaban J connectivity index is 2.44. The minimum atomic E-state index is -4.85. The Morgan fingerprint density at radius 1 is 0.913 bits per heavy atom. The lowest BCUT2D eigenvalue weighted by Crippen LogP contribution is -2.17. The number of rotatable bonds is 3. The maximum Gasteiger partial charge on any atom is 0.573 e. The SMILES string of the molecule is NCc1cc(C(F)(F)F)ccc1-c1cccc(OC(F)(F)F)c1. The van der Waals surface area contributed by atoms with Crippen molar-refractivity contribution in [2.24, 2.45) is 5.73 Å². The van der Waals surface area contributed by atoms with E-state index in [0.29, 0.717) is 5.56 Å². The summed E-state index contributed by atoms with van der Waals surface area (Å²) in [6.07, 6.45) is -9.38. The summed E-state index contributed by atoms with van der Waals surface area (Å²) in [4.78, 5) is 0. The van der Waals surface area contributed by atoms with E-state index in [9.17, 15) is 26.3 Å². The molecule has 8 heteroatoms. The summed E-state index contributed by atoms with van der Waals surface area (Å²) in [5, 5.41) is 0. The summed E-state index contributed by atoms with van der Waals surface area (Å²) in [6, 6.07) is 7.88. The van der Waals surface area contributed by atoms with Crippen LogP contribution >= 0.6 is 0 Å². The Morgan fingerprint density at radius 3 is 2.17 bits per heavy atom. The molecule has 2 aromatic rings. The summed E-state index contributed by atoms with van der Waals surface area (Å²) >= 11 is 0. The molecule has 2 rings (SSSR count). The fourth-order valence-electron chi connectivity index (χ4n) is 2.08. The molecule has 23 heavy (non-hydrogen) atoms. The zero-order valence-electron chi connectivity index (χ0n) is 11.5. The lowest BCUT2D eigenvalue weighted by atomic mass is 9.97. The van der Waals surface area contributed by atoms with Gasteiger partial charge in [-0.3, -0.25) is 0 Å². The molecular formula is C15H11F6NO. The van der Waals surface area contributed by atoms with Crippen LogP contribution in [0.5, 0.6) is 5.75 Å². The van der Waals surface area contributed by atoms with E-state index in [1.54, 1.807) is 0 Å². The predicted molar refractivity (Wildman–Crippen MR) is 71.5 cm³/mol. The van der Waals surface area contributed by atoms with Crippen LogP contribution in [-0.4, -0.2) is 6.36 Å². The van der Waals surface area contributed by atoms with Crippen molar-refractivity contribution in [3.63, 3.8) is 0 Å². The quantitative estimate of drug-likeness (QED) is 0.823. The summed E-state index contributed by atoms with van der Waals surface area (Å²) in [5.74, 6) is -0.460. The highest BCUT2D eigenvalue weighted by Gasteiger charge is 2.32. The summed E-state index contributed by atoms with van der Waals surface area (Å²) in [6.45, 7) is -0.191. The van der Waals surface area contributed by atoms with Crippen molar-refractivity contribution in [3.8, 4) is 16.9 Å². The first-order valence-electron chi connectivity index (χ1n) is 6.36. The molecule has 0 aliphatic heterocycles. The minimum Gasteiger partial charge on any atom is -0.406 e. The van der Waals surface area contributed by atoms with E-state index in [1.807, 2.05) is 0 Å². The van der Waals surface area contributed by atoms with E-state index in [-0.39, 0.29) is 17.7 Å². The average Bonchev–Trinajstić information content (AvgIpc) is 2.44. The molecule has 0 aliphatic carbocycles. The second-order valence-corrected chi connectivity index (χ2v) is 4.65. The standard InChI is InChI=1S/C15H11F6NO/c16-14(17,18)11-4-5-13(10(6-11)8-22)9-2-1-3-12(7-9)23-15(19,20)21/h1-7H,8,22H2. The molecule has 0 heterocycles. The van der Waals surface area contributed by atoms with Gasteiger partial charge in [-0.05, 0) is 41.0 Å². The molecule has 0 fully saturated rings. The molecule has 2 nitrogen and oxygen atoms in total. The van der Waals surface area contributed by atoms with E-state index >= 15 is 0 Å². The van der Waals surface area contributed by atoms with Gasteiger partial charge < -0.3 is 10.5 Å². The first-order valence-corrected chi connectivity index (χ1v) is 6.36. The number of benzene rings is 2. The van der Waals surface area contributed by atoms with Gasteiger partial charge in [-0.25, -0.2) is 0 Å². The zero-order valence-corrected chi connectivity index (χ0v) is 11.5. The number of ether oxygens (including phenoxy) is 1. The van der Waals surface area contributed by atoms with Crippen LogP contribution < -0.4 is 10.5 Å². The van der Waals surface area contributed by atoms with Crippen molar-refractivity contribution in [1.82, 2.24) is 0 Å². The molecule has 0 spiro atoms. The lowest BCUT2D eigenvalue weighted by Gasteiger charge is -2.14. The Labute approximate surface area is 127 Å². The molecule has 2 aromatic carbocycles. The van der Waals surface area contributed by atoms with Gasteiger partial charge in [-0.2, -0.15) is 13.2 Å². The Kier molecular flexibility index (Phi) is 4.56. The topological polar surface area (TPSA) is 35.2 Å². The Bertz CT molecular complexity index is 693. The van der Waals surface area contributed by atoms with Crippen LogP contribution in [0.4, 0.5) is 26.3 Å². The monoisotopic (exact) mass is 335 g/mol. The zero-order chi connectivity index (χ0) is 17.3. The van der Waals surface area contributed by atoms with Gasteiger partial charge in [-0.1, -0.05) is 18.2 Å². The molecule has 0 unspecified atom stereocenters. The molecule has 0 aromatic heterocycles. The van der Waals surface area contributed by atoms with Crippen LogP contribution in [0.3, 0.4) is 0 Å². The number of halogens is 6. The molecule has 0 amide bonds. The Hall–Kier alpha value is -2.22. The molecule has 0 bridgehead atoms. The van der Waals surface area contributed by atoms with Crippen LogP contribution in [0.2, 0.25) is 0 Å². The average molecular weight is 335 g/mol. The summed E-state index contributed by atoms with van der Waals surface area (Å²) in [7, 11) is 0. The lowest BCUT2D eigenvalue weighted by molar-refractivity contribution is -0.274. The van der Waals surface area contributed by atoms with Crippen molar-refractivity contribution in [2.45, 2.75) is 19.1 Å². The molecule has 0 radical (unpaired) electrons. The number of alkyl halides is 6. The van der Waals surface area contributed by atoms with Crippen LogP contribution in [0, 0.1) is 0 Å². The molecule has 0 atom stereocenters. The van der Waals surface area contributed by atoms with Gasteiger partial charge in [0.1, 0.15) is 5.75 Å². The van der Waals surface area contributed by atoms with E-state index in [0.717, 1.165) is 24.3 Å². The largest absolute Gasteiger partial charge is 0.573 e. The first-order chi connectivity index (χ1) is 10.6. The van der Waals surface area contributed by atoms with Gasteiger partial charge in [0.05, 0.1) is 5.56 Å². The fourth-order valence-corrected chi connectivity index (χ4v) is 2.08. The van der Waals surface area contributed by atoms with Crippen LogP contribution in [-0.2, 0) is 12.7 Å².